The largest absolute Gasteiger partial charge is 0.369 e. The Balaban J connectivity index is 1.53. The highest BCUT2D eigenvalue weighted by Crippen LogP contribution is 2.21. The van der Waals surface area contributed by atoms with E-state index in [1.54, 1.807) is 0 Å². The molecule has 1 fully saturated rings. The van der Waals surface area contributed by atoms with Crippen molar-refractivity contribution in [1.82, 2.24) is 4.90 Å². The summed E-state index contributed by atoms with van der Waals surface area (Å²) in [5.74, 6) is 0.0676. The Morgan fingerprint density at radius 3 is 2.40 bits per heavy atom. The second-order valence-corrected chi connectivity index (χ2v) is 6.92. The highest BCUT2D eigenvalue weighted by Gasteiger charge is 2.20. The van der Waals surface area contributed by atoms with E-state index in [4.69, 9.17) is 0 Å². The SMILES string of the molecule is Cc1ccc(C)c(NC(=O)CN2CCN(c3ccccc3C)CC2)c1. The first-order valence-electron chi connectivity index (χ1n) is 8.93. The zero-order valence-electron chi connectivity index (χ0n) is 15.4. The standard InChI is InChI=1S/C21H27N3O/c1-16-8-9-17(2)19(14-16)22-21(25)15-23-10-12-24(13-11-23)20-7-5-4-6-18(20)3/h4-9,14H,10-13,15H2,1-3H3,(H,22,25). The van der Waals surface area contributed by atoms with Crippen molar-refractivity contribution in [2.75, 3.05) is 42.9 Å². The van der Waals surface area contributed by atoms with E-state index < -0.39 is 0 Å². The zero-order chi connectivity index (χ0) is 17.8. The van der Waals surface area contributed by atoms with Gasteiger partial charge in [-0.2, -0.15) is 0 Å². The van der Waals surface area contributed by atoms with Gasteiger partial charge in [0, 0.05) is 37.6 Å². The van der Waals surface area contributed by atoms with E-state index in [2.05, 4.69) is 52.4 Å². The third-order valence-corrected chi connectivity index (χ3v) is 4.86. The molecule has 1 heterocycles. The molecule has 1 N–H and O–H groups in total. The van der Waals surface area contributed by atoms with Crippen LogP contribution in [0.3, 0.4) is 0 Å². The minimum absolute atomic E-state index is 0.0676. The molecule has 2 aromatic rings. The molecule has 0 unspecified atom stereocenters. The second kappa shape index (κ2) is 7.70. The molecule has 1 aliphatic rings. The number of hydrogen-bond acceptors (Lipinski definition) is 3. The predicted molar refractivity (Wildman–Crippen MR) is 104 cm³/mol. The smallest absolute Gasteiger partial charge is 0.238 e. The highest BCUT2D eigenvalue weighted by molar-refractivity contribution is 5.93. The maximum Gasteiger partial charge on any atom is 0.238 e. The number of piperazine rings is 1. The third-order valence-electron chi connectivity index (χ3n) is 4.86. The molecule has 4 nitrogen and oxygen atoms in total. The Bertz CT molecular complexity index is 749. The van der Waals surface area contributed by atoms with Gasteiger partial charge in [-0.05, 0) is 49.6 Å². The van der Waals surface area contributed by atoms with E-state index in [0.29, 0.717) is 6.54 Å². The molecule has 0 atom stereocenters. The van der Waals surface area contributed by atoms with Crippen LogP contribution in [0.4, 0.5) is 11.4 Å². The molecule has 0 spiro atoms. The van der Waals surface area contributed by atoms with Gasteiger partial charge in [0.2, 0.25) is 5.91 Å². The van der Waals surface area contributed by atoms with Gasteiger partial charge in [-0.25, -0.2) is 0 Å². The molecule has 1 aliphatic heterocycles. The summed E-state index contributed by atoms with van der Waals surface area (Å²) < 4.78 is 0. The van der Waals surface area contributed by atoms with Gasteiger partial charge < -0.3 is 10.2 Å². The summed E-state index contributed by atoms with van der Waals surface area (Å²) in [6.07, 6.45) is 0. The first-order chi connectivity index (χ1) is 12.0. The molecule has 1 saturated heterocycles. The van der Waals surface area contributed by atoms with Crippen molar-refractivity contribution in [3.05, 3.63) is 59.2 Å². The summed E-state index contributed by atoms with van der Waals surface area (Å²) >= 11 is 0. The number of anilines is 2. The number of benzene rings is 2. The maximum atomic E-state index is 12.4. The summed E-state index contributed by atoms with van der Waals surface area (Å²) in [4.78, 5) is 17.0. The summed E-state index contributed by atoms with van der Waals surface area (Å²) in [7, 11) is 0. The number of para-hydroxylation sites is 1. The molecule has 0 radical (unpaired) electrons. The van der Waals surface area contributed by atoms with Gasteiger partial charge in [-0.15, -0.1) is 0 Å². The first kappa shape index (κ1) is 17.5. The van der Waals surface area contributed by atoms with E-state index >= 15 is 0 Å². The molecule has 0 aromatic heterocycles. The molecule has 3 rings (SSSR count). The van der Waals surface area contributed by atoms with Crippen molar-refractivity contribution < 1.29 is 4.79 Å². The average Bonchev–Trinajstić information content (AvgIpc) is 2.59. The van der Waals surface area contributed by atoms with E-state index in [-0.39, 0.29) is 5.91 Å². The monoisotopic (exact) mass is 337 g/mol. The predicted octanol–water partition coefficient (Wildman–Crippen LogP) is 3.37. The van der Waals surface area contributed by atoms with Gasteiger partial charge in [0.1, 0.15) is 0 Å². The van der Waals surface area contributed by atoms with Crippen LogP contribution in [-0.4, -0.2) is 43.5 Å². The number of hydrogen-bond donors (Lipinski definition) is 1. The van der Waals surface area contributed by atoms with Crippen LogP contribution in [-0.2, 0) is 4.79 Å². The van der Waals surface area contributed by atoms with Crippen molar-refractivity contribution in [2.24, 2.45) is 0 Å². The van der Waals surface area contributed by atoms with Gasteiger partial charge in [0.05, 0.1) is 6.54 Å². The number of rotatable bonds is 4. The van der Waals surface area contributed by atoms with Gasteiger partial charge in [-0.3, -0.25) is 9.69 Å². The lowest BCUT2D eigenvalue weighted by Gasteiger charge is -2.36. The van der Waals surface area contributed by atoms with Crippen molar-refractivity contribution in [2.45, 2.75) is 20.8 Å². The third kappa shape index (κ3) is 4.40. The lowest BCUT2D eigenvalue weighted by atomic mass is 10.1. The lowest BCUT2D eigenvalue weighted by molar-refractivity contribution is -0.117. The molecule has 0 saturated carbocycles. The van der Waals surface area contributed by atoms with Crippen LogP contribution < -0.4 is 10.2 Å². The molecule has 2 aromatic carbocycles. The average molecular weight is 337 g/mol. The lowest BCUT2D eigenvalue weighted by Crippen LogP contribution is -2.48. The molecule has 25 heavy (non-hydrogen) atoms. The van der Waals surface area contributed by atoms with Crippen LogP contribution in [0, 0.1) is 20.8 Å². The number of aryl methyl sites for hydroxylation is 3. The van der Waals surface area contributed by atoms with Crippen LogP contribution in [0.1, 0.15) is 16.7 Å². The molecule has 132 valence electrons. The topological polar surface area (TPSA) is 35.6 Å². The van der Waals surface area contributed by atoms with Crippen LogP contribution in [0.2, 0.25) is 0 Å². The summed E-state index contributed by atoms with van der Waals surface area (Å²) in [6, 6.07) is 14.6. The van der Waals surface area contributed by atoms with E-state index in [9.17, 15) is 4.79 Å². The number of nitrogens with one attached hydrogen (secondary N) is 1. The van der Waals surface area contributed by atoms with Crippen molar-refractivity contribution in [3.8, 4) is 0 Å². The van der Waals surface area contributed by atoms with Crippen LogP contribution in [0.5, 0.6) is 0 Å². The maximum absolute atomic E-state index is 12.4. The van der Waals surface area contributed by atoms with Gasteiger partial charge >= 0.3 is 0 Å². The highest BCUT2D eigenvalue weighted by atomic mass is 16.2. The minimum atomic E-state index is 0.0676. The molecular weight excluding hydrogens is 310 g/mol. The molecule has 0 aliphatic carbocycles. The van der Waals surface area contributed by atoms with E-state index in [1.807, 2.05) is 26.0 Å². The zero-order valence-corrected chi connectivity index (χ0v) is 15.4. The Kier molecular flexibility index (Phi) is 5.39. The Morgan fingerprint density at radius 2 is 1.68 bits per heavy atom. The minimum Gasteiger partial charge on any atom is -0.369 e. The molecule has 4 heteroatoms. The number of nitrogens with zero attached hydrogens (tertiary/aromatic N) is 2. The van der Waals surface area contributed by atoms with E-state index in [0.717, 1.165) is 43.0 Å². The fraction of sp³-hybridized carbons (Fsp3) is 0.381. The summed E-state index contributed by atoms with van der Waals surface area (Å²) in [5.41, 5.74) is 5.80. The number of amides is 1. The second-order valence-electron chi connectivity index (χ2n) is 6.92. The summed E-state index contributed by atoms with van der Waals surface area (Å²) in [6.45, 7) is 10.4. The Hall–Kier alpha value is -2.33. The summed E-state index contributed by atoms with van der Waals surface area (Å²) in [5, 5.41) is 3.06. The molecular formula is C21H27N3O. The fourth-order valence-electron chi connectivity index (χ4n) is 3.33. The Morgan fingerprint density at radius 1 is 0.960 bits per heavy atom. The Labute approximate surface area is 150 Å². The van der Waals surface area contributed by atoms with Crippen molar-refractivity contribution in [1.29, 1.82) is 0 Å². The van der Waals surface area contributed by atoms with Gasteiger partial charge in [-0.1, -0.05) is 30.3 Å². The van der Waals surface area contributed by atoms with E-state index in [1.165, 1.54) is 11.3 Å². The van der Waals surface area contributed by atoms with Crippen LogP contribution in [0.15, 0.2) is 42.5 Å². The van der Waals surface area contributed by atoms with Crippen LogP contribution >= 0.6 is 0 Å². The van der Waals surface area contributed by atoms with Gasteiger partial charge in [0.15, 0.2) is 0 Å². The van der Waals surface area contributed by atoms with Crippen molar-refractivity contribution in [3.63, 3.8) is 0 Å². The molecule has 1 amide bonds. The first-order valence-corrected chi connectivity index (χ1v) is 8.93. The quantitative estimate of drug-likeness (QED) is 0.929. The van der Waals surface area contributed by atoms with Crippen molar-refractivity contribution >= 4 is 17.3 Å². The van der Waals surface area contributed by atoms with Crippen LogP contribution in [0.25, 0.3) is 0 Å². The number of carbonyl (C=O) groups is 1. The fourth-order valence-corrected chi connectivity index (χ4v) is 3.33. The normalized spacial score (nSPS) is 15.2. The molecule has 0 bridgehead atoms. The number of carbonyl (C=O) groups excluding carboxylic acids is 1. The van der Waals surface area contributed by atoms with Gasteiger partial charge in [0.25, 0.3) is 0 Å².